The SMILES string of the molecule is CN[C@H]1CC1C. The Morgan fingerprint density at radius 2 is 2.17 bits per heavy atom. The van der Waals surface area contributed by atoms with E-state index < -0.39 is 0 Å². The molecular formula is C5H11N. The average Bonchev–Trinajstić information content (AvgIpc) is 2.19. The lowest BCUT2D eigenvalue weighted by Gasteiger charge is -1.84. The topological polar surface area (TPSA) is 12.0 Å². The zero-order valence-corrected chi connectivity index (χ0v) is 4.36. The van der Waals surface area contributed by atoms with Crippen LogP contribution in [0.3, 0.4) is 0 Å². The summed E-state index contributed by atoms with van der Waals surface area (Å²) < 4.78 is 0. The molecule has 1 aliphatic rings. The summed E-state index contributed by atoms with van der Waals surface area (Å²) in [6, 6.07) is 0.852. The van der Waals surface area contributed by atoms with Crippen LogP contribution in [0.15, 0.2) is 0 Å². The van der Waals surface area contributed by atoms with Crippen LogP contribution in [0.25, 0.3) is 0 Å². The van der Waals surface area contributed by atoms with E-state index in [0.29, 0.717) is 0 Å². The highest BCUT2D eigenvalue weighted by atomic mass is 14.9. The second kappa shape index (κ2) is 1.23. The molecule has 0 amide bonds. The van der Waals surface area contributed by atoms with Gasteiger partial charge in [-0.1, -0.05) is 6.92 Å². The van der Waals surface area contributed by atoms with E-state index in [0.717, 1.165) is 12.0 Å². The second-order valence-corrected chi connectivity index (χ2v) is 2.11. The lowest BCUT2D eigenvalue weighted by Crippen LogP contribution is -2.09. The van der Waals surface area contributed by atoms with Crippen LogP contribution in [-0.4, -0.2) is 13.1 Å². The van der Waals surface area contributed by atoms with Crippen molar-refractivity contribution in [2.75, 3.05) is 7.05 Å². The van der Waals surface area contributed by atoms with E-state index in [2.05, 4.69) is 12.2 Å². The van der Waals surface area contributed by atoms with Crippen LogP contribution in [0.1, 0.15) is 13.3 Å². The molecule has 1 nitrogen and oxygen atoms in total. The fraction of sp³-hybridized carbons (Fsp3) is 1.00. The normalized spacial score (nSPS) is 43.0. The molecule has 1 fully saturated rings. The van der Waals surface area contributed by atoms with Gasteiger partial charge in [-0.15, -0.1) is 0 Å². The van der Waals surface area contributed by atoms with E-state index in [1.54, 1.807) is 0 Å². The zero-order chi connectivity index (χ0) is 4.57. The maximum atomic E-state index is 3.19. The Kier molecular flexibility index (Phi) is 0.845. The predicted molar refractivity (Wildman–Crippen MR) is 26.6 cm³/mol. The van der Waals surface area contributed by atoms with Gasteiger partial charge in [-0.3, -0.25) is 0 Å². The van der Waals surface area contributed by atoms with E-state index in [-0.39, 0.29) is 0 Å². The molecule has 1 N–H and O–H groups in total. The molecule has 0 aromatic carbocycles. The molecule has 0 aliphatic heterocycles. The standard InChI is InChI=1S/C5H11N/c1-4-3-5(4)6-2/h4-6H,3H2,1-2H3/t4?,5-/m0/s1. The summed E-state index contributed by atoms with van der Waals surface area (Å²) in [6.45, 7) is 2.27. The van der Waals surface area contributed by atoms with E-state index in [1.165, 1.54) is 6.42 Å². The molecule has 1 aliphatic carbocycles. The molecule has 6 heavy (non-hydrogen) atoms. The van der Waals surface area contributed by atoms with Crippen LogP contribution in [-0.2, 0) is 0 Å². The summed E-state index contributed by atoms with van der Waals surface area (Å²) in [7, 11) is 2.02. The highest BCUT2D eigenvalue weighted by Crippen LogP contribution is 2.27. The lowest BCUT2D eigenvalue weighted by atomic mass is 10.5. The van der Waals surface area contributed by atoms with Gasteiger partial charge >= 0.3 is 0 Å². The third kappa shape index (κ3) is 0.548. The molecule has 1 rings (SSSR count). The van der Waals surface area contributed by atoms with Gasteiger partial charge in [0.25, 0.3) is 0 Å². The van der Waals surface area contributed by atoms with Crippen molar-refractivity contribution in [3.8, 4) is 0 Å². The molecule has 0 radical (unpaired) electrons. The first kappa shape index (κ1) is 4.13. The second-order valence-electron chi connectivity index (χ2n) is 2.11. The van der Waals surface area contributed by atoms with Crippen LogP contribution >= 0.6 is 0 Å². The zero-order valence-electron chi connectivity index (χ0n) is 4.36. The van der Waals surface area contributed by atoms with Crippen molar-refractivity contribution < 1.29 is 0 Å². The number of hydrogen-bond donors (Lipinski definition) is 1. The Labute approximate surface area is 38.7 Å². The quantitative estimate of drug-likeness (QED) is 0.492. The number of hydrogen-bond acceptors (Lipinski definition) is 1. The van der Waals surface area contributed by atoms with Gasteiger partial charge in [-0.05, 0) is 19.4 Å². The summed E-state index contributed by atoms with van der Waals surface area (Å²) in [5, 5.41) is 3.19. The highest BCUT2D eigenvalue weighted by molar-refractivity contribution is 4.87. The largest absolute Gasteiger partial charge is 0.317 e. The maximum Gasteiger partial charge on any atom is 0.00933 e. The van der Waals surface area contributed by atoms with E-state index in [1.807, 2.05) is 7.05 Å². The van der Waals surface area contributed by atoms with E-state index >= 15 is 0 Å². The summed E-state index contributed by atoms with van der Waals surface area (Å²) in [5.74, 6) is 0.954. The van der Waals surface area contributed by atoms with Gasteiger partial charge < -0.3 is 5.32 Å². The van der Waals surface area contributed by atoms with Crippen LogP contribution in [0.5, 0.6) is 0 Å². The van der Waals surface area contributed by atoms with Gasteiger partial charge in [0.15, 0.2) is 0 Å². The van der Waals surface area contributed by atoms with Crippen molar-refractivity contribution in [3.05, 3.63) is 0 Å². The smallest absolute Gasteiger partial charge is 0.00933 e. The Hall–Kier alpha value is -0.0400. The molecule has 1 heteroatoms. The first-order valence-electron chi connectivity index (χ1n) is 2.52. The van der Waals surface area contributed by atoms with Crippen molar-refractivity contribution in [1.29, 1.82) is 0 Å². The molecule has 0 aromatic heterocycles. The van der Waals surface area contributed by atoms with Gasteiger partial charge in [-0.2, -0.15) is 0 Å². The van der Waals surface area contributed by atoms with Crippen molar-refractivity contribution >= 4 is 0 Å². The van der Waals surface area contributed by atoms with E-state index in [4.69, 9.17) is 0 Å². The minimum Gasteiger partial charge on any atom is -0.317 e. The summed E-state index contributed by atoms with van der Waals surface area (Å²) in [5.41, 5.74) is 0. The predicted octanol–water partition coefficient (Wildman–Crippen LogP) is 0.614. The lowest BCUT2D eigenvalue weighted by molar-refractivity contribution is 0.747. The molecule has 1 unspecified atom stereocenters. The van der Waals surface area contributed by atoms with Gasteiger partial charge in [-0.25, -0.2) is 0 Å². The molecular weight excluding hydrogens is 74.1 g/mol. The number of nitrogens with one attached hydrogen (secondary N) is 1. The van der Waals surface area contributed by atoms with Crippen LogP contribution in [0.2, 0.25) is 0 Å². The Morgan fingerprint density at radius 3 is 2.17 bits per heavy atom. The molecule has 36 valence electrons. The number of rotatable bonds is 1. The van der Waals surface area contributed by atoms with Crippen LogP contribution in [0.4, 0.5) is 0 Å². The summed E-state index contributed by atoms with van der Waals surface area (Å²) in [4.78, 5) is 0. The molecule has 0 aromatic rings. The molecule has 0 saturated heterocycles. The van der Waals surface area contributed by atoms with Crippen molar-refractivity contribution in [2.45, 2.75) is 19.4 Å². The first-order valence-corrected chi connectivity index (χ1v) is 2.52. The minimum atomic E-state index is 0.852. The fourth-order valence-corrected chi connectivity index (χ4v) is 0.724. The summed E-state index contributed by atoms with van der Waals surface area (Å²) >= 11 is 0. The third-order valence-electron chi connectivity index (χ3n) is 1.48. The van der Waals surface area contributed by atoms with Gasteiger partial charge in [0.05, 0.1) is 0 Å². The average molecular weight is 85.1 g/mol. The first-order chi connectivity index (χ1) is 2.84. The van der Waals surface area contributed by atoms with Gasteiger partial charge in [0, 0.05) is 6.04 Å². The van der Waals surface area contributed by atoms with E-state index in [9.17, 15) is 0 Å². The molecule has 0 bridgehead atoms. The fourth-order valence-electron chi connectivity index (χ4n) is 0.724. The van der Waals surface area contributed by atoms with Crippen LogP contribution < -0.4 is 5.32 Å². The third-order valence-corrected chi connectivity index (χ3v) is 1.48. The Morgan fingerprint density at radius 1 is 1.67 bits per heavy atom. The molecule has 2 atom stereocenters. The Bertz CT molecular complexity index is 49.9. The van der Waals surface area contributed by atoms with Gasteiger partial charge in [0.1, 0.15) is 0 Å². The minimum absolute atomic E-state index is 0.852. The van der Waals surface area contributed by atoms with Crippen LogP contribution in [0, 0.1) is 5.92 Å². The maximum absolute atomic E-state index is 3.19. The van der Waals surface area contributed by atoms with Crippen molar-refractivity contribution in [1.82, 2.24) is 5.32 Å². The van der Waals surface area contributed by atoms with Gasteiger partial charge in [0.2, 0.25) is 0 Å². The Balaban J connectivity index is 2.09. The van der Waals surface area contributed by atoms with Crippen molar-refractivity contribution in [3.63, 3.8) is 0 Å². The molecule has 1 saturated carbocycles. The van der Waals surface area contributed by atoms with Crippen molar-refractivity contribution in [2.24, 2.45) is 5.92 Å². The molecule has 0 heterocycles. The summed E-state index contributed by atoms with van der Waals surface area (Å²) in [6.07, 6.45) is 1.39. The molecule has 0 spiro atoms. The monoisotopic (exact) mass is 85.1 g/mol. The highest BCUT2D eigenvalue weighted by Gasteiger charge is 2.29.